The topological polar surface area (TPSA) is 46.5 Å². The van der Waals surface area contributed by atoms with Crippen molar-refractivity contribution >= 4 is 5.97 Å². The molecule has 0 aromatic heterocycles. The number of hydrogen-bond acceptors (Lipinski definition) is 3. The maximum Gasteiger partial charge on any atom is 0.335 e. The zero-order chi connectivity index (χ0) is 14.4. The van der Waals surface area contributed by atoms with E-state index in [-0.39, 0.29) is 13.0 Å². The van der Waals surface area contributed by atoms with Gasteiger partial charge in [-0.15, -0.1) is 0 Å². The van der Waals surface area contributed by atoms with Crippen LogP contribution in [0.2, 0.25) is 0 Å². The summed E-state index contributed by atoms with van der Waals surface area (Å²) in [6.45, 7) is 2.18. The molecule has 20 heavy (non-hydrogen) atoms. The lowest BCUT2D eigenvalue weighted by atomic mass is 10.1. The summed E-state index contributed by atoms with van der Waals surface area (Å²) in [6, 6.07) is 17.1. The predicted molar refractivity (Wildman–Crippen MR) is 77.1 cm³/mol. The molecule has 1 atom stereocenters. The summed E-state index contributed by atoms with van der Waals surface area (Å²) in [5.74, 6) is -0.588. The number of rotatable bonds is 5. The number of hydrogen-bond donors (Lipinski definition) is 1. The van der Waals surface area contributed by atoms with Crippen LogP contribution in [0.4, 0.5) is 0 Å². The summed E-state index contributed by atoms with van der Waals surface area (Å²) >= 11 is 0. The lowest BCUT2D eigenvalue weighted by Crippen LogP contribution is -2.25. The molecule has 0 fully saturated rings. The van der Waals surface area contributed by atoms with Crippen molar-refractivity contribution in [1.82, 2.24) is 0 Å². The number of aliphatic hydroxyl groups excluding tert-OH is 1. The molecule has 0 saturated heterocycles. The van der Waals surface area contributed by atoms with E-state index in [2.05, 4.69) is 0 Å². The van der Waals surface area contributed by atoms with Crippen LogP contribution in [0, 0.1) is 6.92 Å². The van der Waals surface area contributed by atoms with E-state index in [1.165, 1.54) is 0 Å². The molecule has 0 bridgehead atoms. The Hall–Kier alpha value is -2.13. The number of esters is 1. The van der Waals surface area contributed by atoms with Crippen LogP contribution in [-0.2, 0) is 22.6 Å². The van der Waals surface area contributed by atoms with Crippen LogP contribution >= 0.6 is 0 Å². The van der Waals surface area contributed by atoms with Gasteiger partial charge in [-0.2, -0.15) is 0 Å². The van der Waals surface area contributed by atoms with Crippen LogP contribution in [0.1, 0.15) is 16.7 Å². The van der Waals surface area contributed by atoms with Gasteiger partial charge in [0, 0.05) is 6.42 Å². The Balaban J connectivity index is 1.84. The van der Waals surface area contributed by atoms with E-state index in [1.54, 1.807) is 0 Å². The Labute approximate surface area is 118 Å². The molecule has 0 spiro atoms. The molecule has 0 aliphatic rings. The SMILES string of the molecule is Cc1ccc(C[C@@H](O)C(=O)OCc2ccccc2)cc1. The van der Waals surface area contributed by atoms with Gasteiger partial charge in [-0.05, 0) is 18.1 Å². The Morgan fingerprint density at radius 2 is 1.70 bits per heavy atom. The van der Waals surface area contributed by atoms with Gasteiger partial charge in [-0.25, -0.2) is 4.79 Å². The van der Waals surface area contributed by atoms with Crippen LogP contribution < -0.4 is 0 Å². The lowest BCUT2D eigenvalue weighted by Gasteiger charge is -2.11. The van der Waals surface area contributed by atoms with Crippen molar-refractivity contribution in [3.05, 3.63) is 71.3 Å². The molecule has 2 aromatic rings. The van der Waals surface area contributed by atoms with Crippen LogP contribution in [0.15, 0.2) is 54.6 Å². The number of aliphatic hydroxyl groups is 1. The van der Waals surface area contributed by atoms with E-state index < -0.39 is 12.1 Å². The average molecular weight is 270 g/mol. The quantitative estimate of drug-likeness (QED) is 0.850. The smallest absolute Gasteiger partial charge is 0.335 e. The van der Waals surface area contributed by atoms with E-state index in [0.717, 1.165) is 16.7 Å². The van der Waals surface area contributed by atoms with Crippen LogP contribution in [0.3, 0.4) is 0 Å². The van der Waals surface area contributed by atoms with Crippen molar-refractivity contribution in [1.29, 1.82) is 0 Å². The highest BCUT2D eigenvalue weighted by Gasteiger charge is 2.17. The number of ether oxygens (including phenoxy) is 1. The third-order valence-electron chi connectivity index (χ3n) is 3.05. The summed E-state index contributed by atoms with van der Waals surface area (Å²) in [5.41, 5.74) is 2.97. The molecule has 0 amide bonds. The summed E-state index contributed by atoms with van der Waals surface area (Å²) in [4.78, 5) is 11.7. The molecule has 3 nitrogen and oxygen atoms in total. The monoisotopic (exact) mass is 270 g/mol. The predicted octanol–water partition coefficient (Wildman–Crippen LogP) is 2.64. The second kappa shape index (κ2) is 6.87. The summed E-state index contributed by atoms with van der Waals surface area (Å²) in [7, 11) is 0. The third-order valence-corrected chi connectivity index (χ3v) is 3.05. The largest absolute Gasteiger partial charge is 0.459 e. The molecular formula is C17H18O3. The van der Waals surface area contributed by atoms with Gasteiger partial charge in [0.25, 0.3) is 0 Å². The molecule has 1 N–H and O–H groups in total. The van der Waals surface area contributed by atoms with Gasteiger partial charge in [-0.3, -0.25) is 0 Å². The van der Waals surface area contributed by atoms with Crippen molar-refractivity contribution in [2.24, 2.45) is 0 Å². The third kappa shape index (κ3) is 4.21. The van der Waals surface area contributed by atoms with Gasteiger partial charge in [0.1, 0.15) is 6.61 Å². The van der Waals surface area contributed by atoms with Crippen molar-refractivity contribution in [2.45, 2.75) is 26.1 Å². The van der Waals surface area contributed by atoms with Crippen molar-refractivity contribution in [3.8, 4) is 0 Å². The highest BCUT2D eigenvalue weighted by Crippen LogP contribution is 2.08. The maximum absolute atomic E-state index is 11.7. The Bertz CT molecular complexity index is 546. The molecule has 3 heteroatoms. The standard InChI is InChI=1S/C17H18O3/c1-13-7-9-14(10-8-13)11-16(18)17(19)20-12-15-5-3-2-4-6-15/h2-10,16,18H,11-12H2,1H3/t16-/m1/s1. The molecule has 2 rings (SSSR count). The maximum atomic E-state index is 11.7. The number of benzene rings is 2. The Kier molecular flexibility index (Phi) is 4.91. The summed E-state index contributed by atoms with van der Waals surface area (Å²) < 4.78 is 5.10. The second-order valence-electron chi connectivity index (χ2n) is 4.80. The first-order chi connectivity index (χ1) is 9.65. The highest BCUT2D eigenvalue weighted by molar-refractivity contribution is 5.74. The minimum atomic E-state index is -1.12. The molecule has 0 aliphatic carbocycles. The van der Waals surface area contributed by atoms with E-state index in [1.807, 2.05) is 61.5 Å². The normalized spacial score (nSPS) is 11.9. The number of carbonyl (C=O) groups is 1. The van der Waals surface area contributed by atoms with Gasteiger partial charge < -0.3 is 9.84 Å². The first-order valence-corrected chi connectivity index (χ1v) is 6.59. The number of aryl methyl sites for hydroxylation is 1. The molecule has 2 aromatic carbocycles. The zero-order valence-corrected chi connectivity index (χ0v) is 11.5. The first kappa shape index (κ1) is 14.3. The van der Waals surface area contributed by atoms with Gasteiger partial charge in [0.15, 0.2) is 6.10 Å². The van der Waals surface area contributed by atoms with Crippen LogP contribution in [0.5, 0.6) is 0 Å². The first-order valence-electron chi connectivity index (χ1n) is 6.59. The highest BCUT2D eigenvalue weighted by atomic mass is 16.5. The molecule has 0 saturated carbocycles. The molecule has 0 unspecified atom stereocenters. The van der Waals surface area contributed by atoms with Crippen molar-refractivity contribution < 1.29 is 14.6 Å². The fourth-order valence-electron chi connectivity index (χ4n) is 1.86. The van der Waals surface area contributed by atoms with Gasteiger partial charge >= 0.3 is 5.97 Å². The fourth-order valence-corrected chi connectivity index (χ4v) is 1.86. The molecule has 0 aliphatic heterocycles. The Morgan fingerprint density at radius 1 is 1.05 bits per heavy atom. The Morgan fingerprint density at radius 3 is 2.35 bits per heavy atom. The molecule has 104 valence electrons. The lowest BCUT2D eigenvalue weighted by molar-refractivity contribution is -0.154. The number of carbonyl (C=O) groups excluding carboxylic acids is 1. The summed E-state index contributed by atoms with van der Waals surface area (Å²) in [5, 5.41) is 9.84. The average Bonchev–Trinajstić information content (AvgIpc) is 2.48. The zero-order valence-electron chi connectivity index (χ0n) is 11.5. The van der Waals surface area contributed by atoms with Gasteiger partial charge in [0.05, 0.1) is 0 Å². The van der Waals surface area contributed by atoms with Crippen molar-refractivity contribution in [3.63, 3.8) is 0 Å². The fraction of sp³-hybridized carbons (Fsp3) is 0.235. The molecular weight excluding hydrogens is 252 g/mol. The van der Waals surface area contributed by atoms with Crippen LogP contribution in [-0.4, -0.2) is 17.2 Å². The van der Waals surface area contributed by atoms with E-state index in [4.69, 9.17) is 4.74 Å². The van der Waals surface area contributed by atoms with Gasteiger partial charge in [-0.1, -0.05) is 60.2 Å². The van der Waals surface area contributed by atoms with E-state index in [0.29, 0.717) is 0 Å². The van der Waals surface area contributed by atoms with Crippen LogP contribution in [0.25, 0.3) is 0 Å². The second-order valence-corrected chi connectivity index (χ2v) is 4.80. The summed E-state index contributed by atoms with van der Waals surface area (Å²) in [6.07, 6.45) is -0.852. The van der Waals surface area contributed by atoms with Gasteiger partial charge in [0.2, 0.25) is 0 Å². The molecule has 0 radical (unpaired) electrons. The minimum Gasteiger partial charge on any atom is -0.459 e. The van der Waals surface area contributed by atoms with Crippen molar-refractivity contribution in [2.75, 3.05) is 0 Å². The molecule has 0 heterocycles. The van der Waals surface area contributed by atoms with E-state index in [9.17, 15) is 9.90 Å². The minimum absolute atomic E-state index is 0.185. The van der Waals surface area contributed by atoms with E-state index >= 15 is 0 Å².